The van der Waals surface area contributed by atoms with Gasteiger partial charge in [-0.15, -0.1) is 0 Å². The van der Waals surface area contributed by atoms with Crippen LogP contribution < -0.4 is 11.1 Å². The Morgan fingerprint density at radius 1 is 1.60 bits per heavy atom. The third-order valence-electron chi connectivity index (χ3n) is 3.28. The number of halogens is 1. The van der Waals surface area contributed by atoms with Gasteiger partial charge in [0.1, 0.15) is 6.10 Å². The summed E-state index contributed by atoms with van der Waals surface area (Å²) in [6, 6.07) is 5.02. The molecule has 1 saturated heterocycles. The number of benzene rings is 1. The number of anilines is 1. The van der Waals surface area contributed by atoms with Crippen molar-refractivity contribution in [3.8, 4) is 0 Å². The highest BCUT2D eigenvalue weighted by molar-refractivity contribution is 9.10. The molecule has 0 aliphatic carbocycles. The molecule has 2 atom stereocenters. The molecule has 6 nitrogen and oxygen atoms in total. The van der Waals surface area contributed by atoms with E-state index in [-0.39, 0.29) is 17.7 Å². The number of amides is 1. The van der Waals surface area contributed by atoms with E-state index < -0.39 is 6.10 Å². The van der Waals surface area contributed by atoms with Crippen molar-refractivity contribution in [2.75, 3.05) is 11.9 Å². The molecule has 0 bridgehead atoms. The number of nitrogens with two attached hydrogens (primary N) is 1. The Balaban J connectivity index is 2.12. The Bertz CT molecular complexity index is 548. The van der Waals surface area contributed by atoms with E-state index in [1.165, 1.54) is 0 Å². The molecule has 0 aromatic heterocycles. The summed E-state index contributed by atoms with van der Waals surface area (Å²) < 4.78 is 6.07. The Morgan fingerprint density at radius 3 is 2.90 bits per heavy atom. The topological polar surface area (TPSA) is 96.9 Å². The molecule has 1 aromatic rings. The zero-order chi connectivity index (χ0) is 14.7. The maximum atomic E-state index is 12.1. The molecule has 2 rings (SSSR count). The fraction of sp³-hybridized carbons (Fsp3) is 0.385. The van der Waals surface area contributed by atoms with Crippen LogP contribution in [0, 0.1) is 5.92 Å². The largest absolute Gasteiger partial charge is 0.409 e. The summed E-state index contributed by atoms with van der Waals surface area (Å²) in [5.41, 5.74) is 6.68. The van der Waals surface area contributed by atoms with Crippen molar-refractivity contribution in [2.45, 2.75) is 19.4 Å². The highest BCUT2D eigenvalue weighted by Gasteiger charge is 2.31. The van der Waals surface area contributed by atoms with Crippen LogP contribution in [0.2, 0.25) is 0 Å². The highest BCUT2D eigenvalue weighted by Crippen LogP contribution is 2.26. The lowest BCUT2D eigenvalue weighted by atomic mass is 10.0. The van der Waals surface area contributed by atoms with Crippen molar-refractivity contribution in [1.29, 1.82) is 0 Å². The van der Waals surface area contributed by atoms with Crippen LogP contribution in [0.1, 0.15) is 18.9 Å². The van der Waals surface area contributed by atoms with Gasteiger partial charge in [-0.1, -0.05) is 12.1 Å². The van der Waals surface area contributed by atoms with Crippen molar-refractivity contribution < 1.29 is 14.7 Å². The lowest BCUT2D eigenvalue weighted by molar-refractivity contribution is -0.126. The first kappa shape index (κ1) is 14.8. The summed E-state index contributed by atoms with van der Waals surface area (Å²) >= 11 is 3.35. The minimum atomic E-state index is -0.411. The minimum absolute atomic E-state index is 0.0105. The van der Waals surface area contributed by atoms with E-state index in [0.29, 0.717) is 22.3 Å². The number of hydrogen-bond donors (Lipinski definition) is 3. The molecule has 108 valence electrons. The molecule has 2 unspecified atom stereocenters. The Kier molecular flexibility index (Phi) is 4.61. The average molecular weight is 342 g/mol. The van der Waals surface area contributed by atoms with Crippen LogP contribution in [0.4, 0.5) is 5.69 Å². The second kappa shape index (κ2) is 6.23. The third-order valence-corrected chi connectivity index (χ3v) is 3.93. The first-order valence-electron chi connectivity index (χ1n) is 6.23. The molecule has 1 amide bonds. The second-order valence-corrected chi connectivity index (χ2v) is 5.58. The average Bonchev–Trinajstić information content (AvgIpc) is 2.86. The minimum Gasteiger partial charge on any atom is -0.409 e. The van der Waals surface area contributed by atoms with E-state index in [2.05, 4.69) is 26.4 Å². The Labute approximate surface area is 125 Å². The molecule has 0 spiro atoms. The molecule has 1 heterocycles. The van der Waals surface area contributed by atoms with Gasteiger partial charge in [-0.05, 0) is 46.5 Å². The van der Waals surface area contributed by atoms with Crippen molar-refractivity contribution >= 4 is 33.4 Å². The fourth-order valence-electron chi connectivity index (χ4n) is 2.07. The fourth-order valence-corrected chi connectivity index (χ4v) is 2.55. The van der Waals surface area contributed by atoms with Crippen molar-refractivity contribution in [3.05, 3.63) is 28.2 Å². The van der Waals surface area contributed by atoms with Crippen molar-refractivity contribution in [3.63, 3.8) is 0 Å². The smallest absolute Gasteiger partial charge is 0.253 e. The molecule has 7 heteroatoms. The van der Waals surface area contributed by atoms with Gasteiger partial charge in [0.25, 0.3) is 5.91 Å². The van der Waals surface area contributed by atoms with Gasteiger partial charge < -0.3 is 21.0 Å². The lowest BCUT2D eigenvalue weighted by Crippen LogP contribution is -2.31. The summed E-state index contributed by atoms with van der Waals surface area (Å²) in [5, 5.41) is 14.4. The number of nitrogens with zero attached hydrogens (tertiary/aromatic N) is 1. The zero-order valence-electron chi connectivity index (χ0n) is 11.0. The summed E-state index contributed by atoms with van der Waals surface area (Å²) in [6.07, 6.45) is 0.479. The molecule has 1 aliphatic rings. The third kappa shape index (κ3) is 3.10. The molecular weight excluding hydrogens is 326 g/mol. The normalized spacial score (nSPS) is 22.8. The monoisotopic (exact) mass is 341 g/mol. The molecular formula is C13H16BrN3O3. The molecule has 0 radical (unpaired) electrons. The maximum Gasteiger partial charge on any atom is 0.253 e. The lowest BCUT2D eigenvalue weighted by Gasteiger charge is -2.15. The number of rotatable bonds is 3. The van der Waals surface area contributed by atoms with E-state index in [0.717, 1.165) is 6.42 Å². The maximum absolute atomic E-state index is 12.1. The number of amidine groups is 1. The van der Waals surface area contributed by atoms with Crippen molar-refractivity contribution in [1.82, 2.24) is 0 Å². The molecule has 1 aromatic carbocycles. The Morgan fingerprint density at radius 2 is 2.35 bits per heavy atom. The Hall–Kier alpha value is -1.60. The van der Waals surface area contributed by atoms with Crippen LogP contribution in [-0.4, -0.2) is 29.7 Å². The van der Waals surface area contributed by atoms with Crippen LogP contribution >= 0.6 is 15.9 Å². The molecule has 4 N–H and O–H groups in total. The van der Waals surface area contributed by atoms with Crippen LogP contribution in [-0.2, 0) is 9.53 Å². The van der Waals surface area contributed by atoms with E-state index in [1.54, 1.807) is 18.2 Å². The van der Waals surface area contributed by atoms with E-state index >= 15 is 0 Å². The molecule has 0 saturated carbocycles. The summed E-state index contributed by atoms with van der Waals surface area (Å²) in [5.74, 6) is 0.0637. The molecule has 1 fully saturated rings. The predicted octanol–water partition coefficient (Wildman–Crippen LogP) is 1.91. The summed E-state index contributed by atoms with van der Waals surface area (Å²) in [7, 11) is 0. The first-order chi connectivity index (χ1) is 9.52. The molecule has 20 heavy (non-hydrogen) atoms. The number of nitrogens with one attached hydrogen (secondary N) is 1. The van der Waals surface area contributed by atoms with Crippen LogP contribution in [0.25, 0.3) is 0 Å². The second-order valence-electron chi connectivity index (χ2n) is 4.73. The van der Waals surface area contributed by atoms with Gasteiger partial charge in [0, 0.05) is 16.6 Å². The van der Waals surface area contributed by atoms with Crippen molar-refractivity contribution in [2.24, 2.45) is 16.8 Å². The summed E-state index contributed by atoms with van der Waals surface area (Å²) in [4.78, 5) is 12.1. The number of carbonyl (C=O) groups excluding carboxylic acids is 1. The van der Waals surface area contributed by atoms with Gasteiger partial charge in [-0.2, -0.15) is 0 Å². The van der Waals surface area contributed by atoms with Crippen LogP contribution in [0.15, 0.2) is 27.8 Å². The standard InChI is InChI=1S/C13H16BrN3O3/c1-7-4-5-20-11(7)13(18)16-10-3-2-8(6-9(10)14)12(15)17-19/h2-3,6-7,11,19H,4-5H2,1H3,(H2,15,17)(H,16,18). The number of hydrogen-bond acceptors (Lipinski definition) is 4. The van der Waals surface area contributed by atoms with Gasteiger partial charge in [0.05, 0.1) is 5.69 Å². The van der Waals surface area contributed by atoms with E-state index in [1.807, 2.05) is 6.92 Å². The quantitative estimate of drug-likeness (QED) is 0.338. The van der Waals surface area contributed by atoms with Gasteiger partial charge in [0.2, 0.25) is 0 Å². The van der Waals surface area contributed by atoms with Gasteiger partial charge in [-0.25, -0.2) is 0 Å². The van der Waals surface area contributed by atoms with Crippen LogP contribution in [0.5, 0.6) is 0 Å². The number of ether oxygens (including phenoxy) is 1. The van der Waals surface area contributed by atoms with Gasteiger partial charge >= 0.3 is 0 Å². The molecule has 1 aliphatic heterocycles. The van der Waals surface area contributed by atoms with Gasteiger partial charge in [-0.3, -0.25) is 4.79 Å². The van der Waals surface area contributed by atoms with Gasteiger partial charge in [0.15, 0.2) is 5.84 Å². The first-order valence-corrected chi connectivity index (χ1v) is 7.02. The zero-order valence-corrected chi connectivity index (χ0v) is 12.6. The number of oxime groups is 1. The van der Waals surface area contributed by atoms with Crippen LogP contribution in [0.3, 0.4) is 0 Å². The SMILES string of the molecule is CC1CCOC1C(=O)Nc1ccc(/C(N)=N/O)cc1Br. The summed E-state index contributed by atoms with van der Waals surface area (Å²) in [6.45, 7) is 2.61. The highest BCUT2D eigenvalue weighted by atomic mass is 79.9. The van der Waals surface area contributed by atoms with E-state index in [4.69, 9.17) is 15.7 Å². The van der Waals surface area contributed by atoms with E-state index in [9.17, 15) is 4.79 Å². The predicted molar refractivity (Wildman–Crippen MR) is 78.8 cm³/mol. The number of carbonyl (C=O) groups is 1.